The van der Waals surface area contributed by atoms with Crippen molar-refractivity contribution in [3.8, 4) is 0 Å². The molecule has 96 valence electrons. The Morgan fingerprint density at radius 3 is 2.78 bits per heavy atom. The van der Waals surface area contributed by atoms with Crippen molar-refractivity contribution in [1.29, 1.82) is 0 Å². The van der Waals surface area contributed by atoms with Gasteiger partial charge in [0, 0.05) is 0 Å². The fourth-order valence-electron chi connectivity index (χ4n) is 2.42. The maximum absolute atomic E-state index is 6.07. The van der Waals surface area contributed by atoms with Gasteiger partial charge >= 0.3 is 0 Å². The first kappa shape index (κ1) is 13.1. The first-order chi connectivity index (χ1) is 8.78. The molecule has 0 aromatic heterocycles. The largest absolute Gasteiger partial charge is 0.370 e. The van der Waals surface area contributed by atoms with Crippen molar-refractivity contribution >= 4 is 6.08 Å². The molecular formula is C17H22O. The van der Waals surface area contributed by atoms with Crippen LogP contribution in [0.3, 0.4) is 0 Å². The zero-order chi connectivity index (χ0) is 12.8. The van der Waals surface area contributed by atoms with E-state index < -0.39 is 0 Å². The molecule has 0 spiro atoms. The summed E-state index contributed by atoms with van der Waals surface area (Å²) in [6, 6.07) is 10.4. The van der Waals surface area contributed by atoms with Gasteiger partial charge in [0.25, 0.3) is 0 Å². The summed E-state index contributed by atoms with van der Waals surface area (Å²) in [5.41, 5.74) is 2.55. The zero-order valence-corrected chi connectivity index (χ0v) is 11.1. The van der Waals surface area contributed by atoms with Crippen LogP contribution in [0.5, 0.6) is 0 Å². The Morgan fingerprint density at radius 2 is 2.06 bits per heavy atom. The second kappa shape index (κ2) is 6.55. The molecule has 2 atom stereocenters. The second-order valence-corrected chi connectivity index (χ2v) is 5.01. The molecule has 1 nitrogen and oxygen atoms in total. The smallest absolute Gasteiger partial charge is 0.0799 e. The minimum atomic E-state index is 0.197. The fourth-order valence-corrected chi connectivity index (χ4v) is 2.42. The van der Waals surface area contributed by atoms with Crippen LogP contribution in [-0.4, -0.2) is 12.2 Å². The lowest BCUT2D eigenvalue weighted by atomic mass is 9.96. The Balaban J connectivity index is 1.96. The molecule has 1 aromatic rings. The van der Waals surface area contributed by atoms with Gasteiger partial charge in [0.15, 0.2) is 0 Å². The summed E-state index contributed by atoms with van der Waals surface area (Å²) in [5.74, 6) is 0. The van der Waals surface area contributed by atoms with E-state index in [1.165, 1.54) is 17.6 Å². The van der Waals surface area contributed by atoms with Gasteiger partial charge < -0.3 is 4.74 Å². The van der Waals surface area contributed by atoms with Crippen molar-refractivity contribution in [2.24, 2.45) is 0 Å². The van der Waals surface area contributed by atoms with Gasteiger partial charge in [-0.05, 0) is 24.8 Å². The molecule has 1 heteroatoms. The molecule has 2 rings (SSSR count). The molecule has 1 fully saturated rings. The van der Waals surface area contributed by atoms with Gasteiger partial charge in [0.05, 0.1) is 12.2 Å². The maximum atomic E-state index is 6.07. The van der Waals surface area contributed by atoms with Crippen LogP contribution in [-0.2, 0) is 4.74 Å². The SMILES string of the molecule is C=C1CC(/C=C/c2ccccc2)OC(CCC)C1. The van der Waals surface area contributed by atoms with Crippen LogP contribution in [0.4, 0.5) is 0 Å². The molecule has 18 heavy (non-hydrogen) atoms. The third kappa shape index (κ3) is 3.85. The molecule has 0 bridgehead atoms. The average molecular weight is 242 g/mol. The quantitative estimate of drug-likeness (QED) is 0.701. The molecule has 0 saturated carbocycles. The van der Waals surface area contributed by atoms with E-state index in [2.05, 4.69) is 49.9 Å². The predicted molar refractivity (Wildman–Crippen MR) is 77.4 cm³/mol. The van der Waals surface area contributed by atoms with Crippen molar-refractivity contribution in [2.45, 2.75) is 44.8 Å². The lowest BCUT2D eigenvalue weighted by Gasteiger charge is -2.29. The maximum Gasteiger partial charge on any atom is 0.0799 e. The average Bonchev–Trinajstić information content (AvgIpc) is 2.37. The predicted octanol–water partition coefficient (Wildman–Crippen LogP) is 4.60. The minimum Gasteiger partial charge on any atom is -0.370 e. The fraction of sp³-hybridized carbons (Fsp3) is 0.412. The molecule has 1 saturated heterocycles. The number of benzene rings is 1. The van der Waals surface area contributed by atoms with Gasteiger partial charge in [0.1, 0.15) is 0 Å². The third-order valence-corrected chi connectivity index (χ3v) is 3.29. The van der Waals surface area contributed by atoms with E-state index >= 15 is 0 Å². The highest BCUT2D eigenvalue weighted by Crippen LogP contribution is 2.26. The highest BCUT2D eigenvalue weighted by molar-refractivity contribution is 5.49. The lowest BCUT2D eigenvalue weighted by Crippen LogP contribution is -2.27. The van der Waals surface area contributed by atoms with Crippen LogP contribution in [0.2, 0.25) is 0 Å². The lowest BCUT2D eigenvalue weighted by molar-refractivity contribution is -0.00985. The van der Waals surface area contributed by atoms with Crippen LogP contribution in [0, 0.1) is 0 Å². The van der Waals surface area contributed by atoms with E-state index in [1.807, 2.05) is 6.07 Å². The second-order valence-electron chi connectivity index (χ2n) is 5.01. The number of hydrogen-bond donors (Lipinski definition) is 0. The minimum absolute atomic E-state index is 0.197. The van der Waals surface area contributed by atoms with Crippen LogP contribution in [0.15, 0.2) is 48.6 Å². The molecule has 0 aliphatic carbocycles. The number of ether oxygens (including phenoxy) is 1. The van der Waals surface area contributed by atoms with Gasteiger partial charge in [-0.2, -0.15) is 0 Å². The monoisotopic (exact) mass is 242 g/mol. The first-order valence-corrected chi connectivity index (χ1v) is 6.83. The van der Waals surface area contributed by atoms with Crippen molar-refractivity contribution in [3.05, 3.63) is 54.1 Å². The molecular weight excluding hydrogens is 220 g/mol. The van der Waals surface area contributed by atoms with Gasteiger partial charge in [-0.3, -0.25) is 0 Å². The summed E-state index contributed by atoms with van der Waals surface area (Å²) < 4.78 is 6.07. The van der Waals surface area contributed by atoms with Gasteiger partial charge in [-0.1, -0.05) is 68.0 Å². The number of hydrogen-bond acceptors (Lipinski definition) is 1. The Labute approximate surface area is 110 Å². The van der Waals surface area contributed by atoms with Crippen LogP contribution in [0.1, 0.15) is 38.2 Å². The Morgan fingerprint density at radius 1 is 1.28 bits per heavy atom. The Kier molecular flexibility index (Phi) is 4.77. The topological polar surface area (TPSA) is 9.23 Å². The standard InChI is InChI=1S/C17H22O/c1-3-7-16-12-14(2)13-17(18-16)11-10-15-8-5-4-6-9-15/h4-6,8-11,16-17H,2-3,7,12-13H2,1H3/b11-10+. The summed E-state index contributed by atoms with van der Waals surface area (Å²) >= 11 is 0. The highest BCUT2D eigenvalue weighted by atomic mass is 16.5. The highest BCUT2D eigenvalue weighted by Gasteiger charge is 2.21. The molecule has 0 radical (unpaired) electrons. The van der Waals surface area contributed by atoms with E-state index in [0.29, 0.717) is 6.10 Å². The normalized spacial score (nSPS) is 24.6. The van der Waals surface area contributed by atoms with Crippen LogP contribution >= 0.6 is 0 Å². The summed E-state index contributed by atoms with van der Waals surface area (Å²) in [6.45, 7) is 6.34. The van der Waals surface area contributed by atoms with Gasteiger partial charge in [-0.15, -0.1) is 0 Å². The zero-order valence-electron chi connectivity index (χ0n) is 11.1. The molecule has 0 amide bonds. The molecule has 1 aliphatic rings. The van der Waals surface area contributed by atoms with E-state index in [1.54, 1.807) is 0 Å². The van der Waals surface area contributed by atoms with E-state index in [9.17, 15) is 0 Å². The van der Waals surface area contributed by atoms with Gasteiger partial charge in [-0.25, -0.2) is 0 Å². The molecule has 0 N–H and O–H groups in total. The first-order valence-electron chi connectivity index (χ1n) is 6.83. The van der Waals surface area contributed by atoms with Crippen molar-refractivity contribution in [3.63, 3.8) is 0 Å². The van der Waals surface area contributed by atoms with Crippen LogP contribution < -0.4 is 0 Å². The van der Waals surface area contributed by atoms with E-state index in [4.69, 9.17) is 4.74 Å². The van der Waals surface area contributed by atoms with Crippen molar-refractivity contribution in [1.82, 2.24) is 0 Å². The molecule has 1 aliphatic heterocycles. The summed E-state index contributed by atoms with van der Waals surface area (Å²) in [7, 11) is 0. The van der Waals surface area contributed by atoms with E-state index in [0.717, 1.165) is 19.3 Å². The van der Waals surface area contributed by atoms with Crippen molar-refractivity contribution in [2.75, 3.05) is 0 Å². The summed E-state index contributed by atoms with van der Waals surface area (Å²) in [4.78, 5) is 0. The van der Waals surface area contributed by atoms with E-state index in [-0.39, 0.29) is 6.10 Å². The Bertz CT molecular complexity index is 405. The third-order valence-electron chi connectivity index (χ3n) is 3.29. The summed E-state index contributed by atoms with van der Waals surface area (Å²) in [6.07, 6.45) is 9.17. The van der Waals surface area contributed by atoms with Gasteiger partial charge in [0.2, 0.25) is 0 Å². The Hall–Kier alpha value is -1.34. The molecule has 2 unspecified atom stereocenters. The van der Waals surface area contributed by atoms with Crippen molar-refractivity contribution < 1.29 is 4.74 Å². The summed E-state index contributed by atoms with van der Waals surface area (Å²) in [5, 5.41) is 0. The van der Waals surface area contributed by atoms with Crippen LogP contribution in [0.25, 0.3) is 6.08 Å². The number of rotatable bonds is 4. The molecule has 1 heterocycles. The molecule has 1 aromatic carbocycles.